The molecule has 134 valence electrons. The molecule has 0 saturated carbocycles. The smallest absolute Gasteiger partial charge is 0.326 e. The summed E-state index contributed by atoms with van der Waals surface area (Å²) in [6, 6.07) is 5.76. The van der Waals surface area contributed by atoms with E-state index in [1.807, 2.05) is 0 Å². The average molecular weight is 346 g/mol. The van der Waals surface area contributed by atoms with Gasteiger partial charge < -0.3 is 20.1 Å². The SMILES string of the molecule is O=C(NC(C(=O)O)C1CCCOC1)c1cccc(N2CCCC2=O)c1. The van der Waals surface area contributed by atoms with Crippen molar-refractivity contribution >= 4 is 23.5 Å². The van der Waals surface area contributed by atoms with E-state index in [0.717, 1.165) is 12.8 Å². The fraction of sp³-hybridized carbons (Fsp3) is 0.500. The lowest BCUT2D eigenvalue weighted by atomic mass is 9.93. The highest BCUT2D eigenvalue weighted by atomic mass is 16.5. The van der Waals surface area contributed by atoms with E-state index in [1.54, 1.807) is 29.2 Å². The van der Waals surface area contributed by atoms with Crippen LogP contribution in [0, 0.1) is 5.92 Å². The number of carbonyl (C=O) groups is 3. The van der Waals surface area contributed by atoms with Gasteiger partial charge in [-0.15, -0.1) is 0 Å². The highest BCUT2D eigenvalue weighted by molar-refractivity contribution is 6.00. The predicted molar refractivity (Wildman–Crippen MR) is 90.5 cm³/mol. The van der Waals surface area contributed by atoms with Gasteiger partial charge in [0.25, 0.3) is 5.91 Å². The van der Waals surface area contributed by atoms with E-state index in [0.29, 0.717) is 43.9 Å². The van der Waals surface area contributed by atoms with Crippen molar-refractivity contribution < 1.29 is 24.2 Å². The molecule has 2 fully saturated rings. The van der Waals surface area contributed by atoms with Gasteiger partial charge in [0.1, 0.15) is 6.04 Å². The average Bonchev–Trinajstić information content (AvgIpc) is 3.06. The Bertz CT molecular complexity index is 669. The summed E-state index contributed by atoms with van der Waals surface area (Å²) in [5.74, 6) is -1.71. The molecule has 2 aliphatic heterocycles. The van der Waals surface area contributed by atoms with Crippen molar-refractivity contribution in [3.63, 3.8) is 0 Å². The van der Waals surface area contributed by atoms with Gasteiger partial charge in [0.05, 0.1) is 6.61 Å². The Labute approximate surface area is 146 Å². The number of carboxylic acid groups (broad SMARTS) is 1. The van der Waals surface area contributed by atoms with Gasteiger partial charge in [0.2, 0.25) is 5.91 Å². The number of carbonyl (C=O) groups excluding carboxylic acids is 2. The molecule has 0 bridgehead atoms. The molecule has 2 unspecified atom stereocenters. The van der Waals surface area contributed by atoms with Gasteiger partial charge in [-0.3, -0.25) is 9.59 Å². The van der Waals surface area contributed by atoms with E-state index >= 15 is 0 Å². The van der Waals surface area contributed by atoms with Crippen LogP contribution in [0.2, 0.25) is 0 Å². The first-order valence-electron chi connectivity index (χ1n) is 8.58. The maximum Gasteiger partial charge on any atom is 0.326 e. The second kappa shape index (κ2) is 7.65. The van der Waals surface area contributed by atoms with Gasteiger partial charge in [-0.2, -0.15) is 0 Å². The molecule has 2 N–H and O–H groups in total. The van der Waals surface area contributed by atoms with Crippen LogP contribution in [0.1, 0.15) is 36.0 Å². The van der Waals surface area contributed by atoms with Crippen LogP contribution < -0.4 is 10.2 Å². The van der Waals surface area contributed by atoms with E-state index in [4.69, 9.17) is 4.74 Å². The maximum atomic E-state index is 12.5. The van der Waals surface area contributed by atoms with E-state index in [9.17, 15) is 19.5 Å². The number of hydrogen-bond donors (Lipinski definition) is 2. The minimum absolute atomic E-state index is 0.0420. The predicted octanol–water partition coefficient (Wildman–Crippen LogP) is 1.42. The Kier molecular flexibility index (Phi) is 5.33. The number of hydrogen-bond acceptors (Lipinski definition) is 4. The molecule has 2 saturated heterocycles. The first-order valence-corrected chi connectivity index (χ1v) is 8.58. The van der Waals surface area contributed by atoms with Crippen LogP contribution in [0.4, 0.5) is 5.69 Å². The van der Waals surface area contributed by atoms with Crippen LogP contribution in [-0.4, -0.2) is 48.7 Å². The molecular weight excluding hydrogens is 324 g/mol. The van der Waals surface area contributed by atoms with Crippen LogP contribution in [0.25, 0.3) is 0 Å². The molecule has 2 aliphatic rings. The number of rotatable bonds is 5. The van der Waals surface area contributed by atoms with Gasteiger partial charge in [-0.1, -0.05) is 6.07 Å². The summed E-state index contributed by atoms with van der Waals surface area (Å²) in [6.45, 7) is 1.60. The summed E-state index contributed by atoms with van der Waals surface area (Å²) >= 11 is 0. The van der Waals surface area contributed by atoms with Crippen molar-refractivity contribution in [1.29, 1.82) is 0 Å². The van der Waals surface area contributed by atoms with Crippen molar-refractivity contribution in [1.82, 2.24) is 5.32 Å². The minimum atomic E-state index is -1.06. The van der Waals surface area contributed by atoms with Gasteiger partial charge in [-0.25, -0.2) is 4.79 Å². The Morgan fingerprint density at radius 1 is 1.32 bits per heavy atom. The zero-order chi connectivity index (χ0) is 17.8. The number of anilines is 1. The molecule has 2 atom stereocenters. The lowest BCUT2D eigenvalue weighted by molar-refractivity contribution is -0.142. The fourth-order valence-electron chi connectivity index (χ4n) is 3.37. The number of nitrogens with one attached hydrogen (secondary N) is 1. The van der Waals surface area contributed by atoms with Crippen molar-refractivity contribution in [2.75, 3.05) is 24.7 Å². The molecule has 1 aromatic carbocycles. The third kappa shape index (κ3) is 3.99. The lowest BCUT2D eigenvalue weighted by Gasteiger charge is -2.28. The van der Waals surface area contributed by atoms with Gasteiger partial charge in [0.15, 0.2) is 0 Å². The second-order valence-electron chi connectivity index (χ2n) is 6.47. The molecule has 0 radical (unpaired) electrons. The molecule has 2 heterocycles. The minimum Gasteiger partial charge on any atom is -0.480 e. The van der Waals surface area contributed by atoms with Crippen molar-refractivity contribution in [3.8, 4) is 0 Å². The zero-order valence-electron chi connectivity index (χ0n) is 13.9. The monoisotopic (exact) mass is 346 g/mol. The molecule has 2 amide bonds. The van der Waals surface area contributed by atoms with Gasteiger partial charge >= 0.3 is 5.97 Å². The van der Waals surface area contributed by atoms with Gasteiger partial charge in [-0.05, 0) is 37.5 Å². The summed E-state index contributed by atoms with van der Waals surface area (Å²) < 4.78 is 5.34. The van der Waals surface area contributed by atoms with Crippen molar-refractivity contribution in [2.45, 2.75) is 31.7 Å². The zero-order valence-corrected chi connectivity index (χ0v) is 13.9. The van der Waals surface area contributed by atoms with E-state index in [1.165, 1.54) is 0 Å². The summed E-state index contributed by atoms with van der Waals surface area (Å²) in [5, 5.41) is 12.1. The number of carboxylic acids is 1. The topological polar surface area (TPSA) is 95.9 Å². The third-order valence-electron chi connectivity index (χ3n) is 4.71. The molecule has 0 aromatic heterocycles. The van der Waals surface area contributed by atoms with E-state index in [-0.39, 0.29) is 11.8 Å². The normalized spacial score (nSPS) is 21.8. The Hall–Kier alpha value is -2.41. The first-order chi connectivity index (χ1) is 12.1. The number of benzene rings is 1. The van der Waals surface area contributed by atoms with Crippen LogP contribution in [0.5, 0.6) is 0 Å². The Morgan fingerprint density at radius 3 is 2.80 bits per heavy atom. The molecule has 7 heteroatoms. The number of nitrogens with zero attached hydrogens (tertiary/aromatic N) is 1. The van der Waals surface area contributed by atoms with Crippen molar-refractivity contribution in [3.05, 3.63) is 29.8 Å². The highest BCUT2D eigenvalue weighted by Crippen LogP contribution is 2.23. The summed E-state index contributed by atoms with van der Waals surface area (Å²) in [7, 11) is 0. The quantitative estimate of drug-likeness (QED) is 0.841. The van der Waals surface area contributed by atoms with Crippen LogP contribution in [0.3, 0.4) is 0 Å². The number of aliphatic carboxylic acids is 1. The van der Waals surface area contributed by atoms with E-state index in [2.05, 4.69) is 5.32 Å². The largest absolute Gasteiger partial charge is 0.480 e. The molecule has 1 aromatic rings. The Balaban J connectivity index is 1.73. The van der Waals surface area contributed by atoms with Crippen LogP contribution >= 0.6 is 0 Å². The lowest BCUT2D eigenvalue weighted by Crippen LogP contribution is -2.48. The summed E-state index contributed by atoms with van der Waals surface area (Å²) in [6.07, 6.45) is 2.81. The second-order valence-corrected chi connectivity index (χ2v) is 6.47. The highest BCUT2D eigenvalue weighted by Gasteiger charge is 2.32. The van der Waals surface area contributed by atoms with Crippen LogP contribution in [0.15, 0.2) is 24.3 Å². The van der Waals surface area contributed by atoms with E-state index < -0.39 is 17.9 Å². The molecule has 3 rings (SSSR count). The summed E-state index contributed by atoms with van der Waals surface area (Å²) in [5.41, 5.74) is 1.02. The van der Waals surface area contributed by atoms with Gasteiger partial charge in [0, 0.05) is 36.7 Å². The summed E-state index contributed by atoms with van der Waals surface area (Å²) in [4.78, 5) is 37.6. The number of ether oxygens (including phenoxy) is 1. The Morgan fingerprint density at radius 2 is 2.16 bits per heavy atom. The molecular formula is C18H22N2O5. The molecule has 25 heavy (non-hydrogen) atoms. The molecule has 0 spiro atoms. The third-order valence-corrected chi connectivity index (χ3v) is 4.71. The standard InChI is InChI=1S/C18H22N2O5/c21-15-7-2-8-20(15)14-6-1-4-12(10-14)17(22)19-16(18(23)24)13-5-3-9-25-11-13/h1,4,6,10,13,16H,2-3,5,7-9,11H2,(H,19,22)(H,23,24). The van der Waals surface area contributed by atoms with Crippen molar-refractivity contribution in [2.24, 2.45) is 5.92 Å². The molecule has 7 nitrogen and oxygen atoms in total. The molecule has 0 aliphatic carbocycles. The van der Waals surface area contributed by atoms with Crippen LogP contribution in [-0.2, 0) is 14.3 Å². The number of amides is 2. The fourth-order valence-corrected chi connectivity index (χ4v) is 3.37. The maximum absolute atomic E-state index is 12.5. The first kappa shape index (κ1) is 17.4.